The van der Waals surface area contributed by atoms with Crippen molar-refractivity contribution < 1.29 is 19.1 Å². The third kappa shape index (κ3) is 4.42. The summed E-state index contributed by atoms with van der Waals surface area (Å²) in [6, 6.07) is 5.23. The normalized spacial score (nSPS) is 11.3. The van der Waals surface area contributed by atoms with E-state index in [9.17, 15) is 14.4 Å². The van der Waals surface area contributed by atoms with Crippen molar-refractivity contribution in [1.29, 1.82) is 0 Å². The van der Waals surface area contributed by atoms with E-state index < -0.39 is 18.0 Å². The predicted molar refractivity (Wildman–Crippen MR) is 70.1 cm³/mol. The average molecular weight is 264 g/mol. The van der Waals surface area contributed by atoms with Crippen molar-refractivity contribution in [1.82, 2.24) is 5.32 Å². The maximum atomic E-state index is 11.6. The fourth-order valence-corrected chi connectivity index (χ4v) is 1.42. The summed E-state index contributed by atoms with van der Waals surface area (Å²) in [5, 5.41) is 4.96. The van der Waals surface area contributed by atoms with E-state index in [0.717, 1.165) is 0 Å². The van der Waals surface area contributed by atoms with Crippen LogP contribution in [0.3, 0.4) is 0 Å². The molecule has 2 N–H and O–H groups in total. The first kappa shape index (κ1) is 14.7. The van der Waals surface area contributed by atoms with Crippen LogP contribution in [0.25, 0.3) is 0 Å². The second-order valence-electron chi connectivity index (χ2n) is 3.98. The number of anilines is 1. The SMILES string of the molecule is COC(=O)[C@H](C)NC(=O)Nc1cccc(C(C)=O)c1. The van der Waals surface area contributed by atoms with Gasteiger partial charge in [0.05, 0.1) is 7.11 Å². The fourth-order valence-electron chi connectivity index (χ4n) is 1.42. The van der Waals surface area contributed by atoms with Gasteiger partial charge in [-0.25, -0.2) is 9.59 Å². The molecular formula is C13H16N2O4. The molecule has 0 aliphatic heterocycles. The molecule has 0 fully saturated rings. The fraction of sp³-hybridized carbons (Fsp3) is 0.308. The lowest BCUT2D eigenvalue weighted by Crippen LogP contribution is -2.41. The summed E-state index contributed by atoms with van der Waals surface area (Å²) in [7, 11) is 1.24. The Kier molecular flexibility index (Phi) is 5.05. The topological polar surface area (TPSA) is 84.5 Å². The Morgan fingerprint density at radius 2 is 1.95 bits per heavy atom. The minimum atomic E-state index is -0.749. The molecular weight excluding hydrogens is 248 g/mol. The maximum Gasteiger partial charge on any atom is 0.328 e. The van der Waals surface area contributed by atoms with Crippen molar-refractivity contribution in [2.45, 2.75) is 19.9 Å². The highest BCUT2D eigenvalue weighted by molar-refractivity contribution is 5.97. The van der Waals surface area contributed by atoms with E-state index in [1.807, 2.05) is 0 Å². The molecule has 0 heterocycles. The van der Waals surface area contributed by atoms with Gasteiger partial charge in [0.1, 0.15) is 6.04 Å². The predicted octanol–water partition coefficient (Wildman–Crippen LogP) is 1.57. The van der Waals surface area contributed by atoms with Gasteiger partial charge in [0.2, 0.25) is 0 Å². The average Bonchev–Trinajstić information content (AvgIpc) is 2.37. The number of ether oxygens (including phenoxy) is 1. The molecule has 0 aliphatic carbocycles. The van der Waals surface area contributed by atoms with Crippen molar-refractivity contribution in [3.05, 3.63) is 29.8 Å². The van der Waals surface area contributed by atoms with E-state index in [2.05, 4.69) is 15.4 Å². The number of methoxy groups -OCH3 is 1. The minimum Gasteiger partial charge on any atom is -0.467 e. The van der Waals surface area contributed by atoms with Crippen LogP contribution in [0.4, 0.5) is 10.5 Å². The zero-order valence-electron chi connectivity index (χ0n) is 11.0. The Morgan fingerprint density at radius 1 is 1.26 bits per heavy atom. The molecule has 1 aromatic carbocycles. The number of benzene rings is 1. The number of esters is 1. The van der Waals surface area contributed by atoms with Crippen LogP contribution in [0.1, 0.15) is 24.2 Å². The van der Waals surface area contributed by atoms with Crippen LogP contribution in [0.2, 0.25) is 0 Å². The third-order valence-corrected chi connectivity index (χ3v) is 2.43. The van der Waals surface area contributed by atoms with Crippen LogP contribution >= 0.6 is 0 Å². The molecule has 0 bridgehead atoms. The smallest absolute Gasteiger partial charge is 0.328 e. The van der Waals surface area contributed by atoms with Crippen molar-refractivity contribution >= 4 is 23.5 Å². The molecule has 0 aliphatic rings. The lowest BCUT2D eigenvalue weighted by molar-refractivity contribution is -0.142. The number of carbonyl (C=O) groups excluding carboxylic acids is 3. The Bertz CT molecular complexity index is 499. The van der Waals surface area contributed by atoms with Gasteiger partial charge in [0, 0.05) is 11.3 Å². The number of urea groups is 1. The highest BCUT2D eigenvalue weighted by atomic mass is 16.5. The van der Waals surface area contributed by atoms with Gasteiger partial charge >= 0.3 is 12.0 Å². The van der Waals surface area contributed by atoms with Crippen LogP contribution in [0, 0.1) is 0 Å². The second-order valence-corrected chi connectivity index (χ2v) is 3.98. The van der Waals surface area contributed by atoms with Crippen LogP contribution in [-0.2, 0) is 9.53 Å². The van der Waals surface area contributed by atoms with E-state index in [0.29, 0.717) is 11.3 Å². The molecule has 6 heteroatoms. The molecule has 0 saturated heterocycles. The minimum absolute atomic E-state index is 0.0908. The maximum absolute atomic E-state index is 11.6. The number of Topliss-reactive ketones (excluding diaryl/α,β-unsaturated/α-hetero) is 1. The lowest BCUT2D eigenvalue weighted by atomic mass is 10.1. The number of ketones is 1. The van der Waals surface area contributed by atoms with Gasteiger partial charge in [-0.05, 0) is 26.0 Å². The molecule has 1 rings (SSSR count). The summed E-state index contributed by atoms with van der Waals surface area (Å²) in [6.07, 6.45) is 0. The van der Waals surface area contributed by atoms with Crippen molar-refractivity contribution in [2.75, 3.05) is 12.4 Å². The van der Waals surface area contributed by atoms with Gasteiger partial charge in [-0.15, -0.1) is 0 Å². The van der Waals surface area contributed by atoms with Crippen molar-refractivity contribution in [3.63, 3.8) is 0 Å². The molecule has 6 nitrogen and oxygen atoms in total. The van der Waals surface area contributed by atoms with Gasteiger partial charge in [-0.3, -0.25) is 4.79 Å². The van der Waals surface area contributed by atoms with E-state index in [4.69, 9.17) is 0 Å². The Morgan fingerprint density at radius 3 is 2.53 bits per heavy atom. The van der Waals surface area contributed by atoms with Crippen LogP contribution < -0.4 is 10.6 Å². The summed E-state index contributed by atoms with van der Waals surface area (Å²) in [4.78, 5) is 33.9. The van der Waals surface area contributed by atoms with E-state index in [1.54, 1.807) is 24.3 Å². The van der Waals surface area contributed by atoms with E-state index in [-0.39, 0.29) is 5.78 Å². The van der Waals surface area contributed by atoms with Crippen LogP contribution in [0.15, 0.2) is 24.3 Å². The Hall–Kier alpha value is -2.37. The van der Waals surface area contributed by atoms with Crippen molar-refractivity contribution in [2.24, 2.45) is 0 Å². The molecule has 1 atom stereocenters. The molecule has 0 radical (unpaired) electrons. The Labute approximate surface area is 111 Å². The van der Waals surface area contributed by atoms with Crippen LogP contribution in [-0.4, -0.2) is 30.9 Å². The van der Waals surface area contributed by atoms with Gasteiger partial charge < -0.3 is 15.4 Å². The second kappa shape index (κ2) is 6.53. The summed E-state index contributed by atoms with van der Waals surface area (Å²) >= 11 is 0. The van der Waals surface area contributed by atoms with Gasteiger partial charge in [-0.2, -0.15) is 0 Å². The standard InChI is InChI=1S/C13H16N2O4/c1-8(12(17)19-3)14-13(18)15-11-6-4-5-10(7-11)9(2)16/h4-8H,1-3H3,(H2,14,15,18)/t8-/m0/s1. The first-order valence-corrected chi connectivity index (χ1v) is 5.70. The molecule has 0 unspecified atom stereocenters. The largest absolute Gasteiger partial charge is 0.467 e. The number of rotatable bonds is 4. The zero-order valence-corrected chi connectivity index (χ0v) is 11.0. The number of hydrogen-bond donors (Lipinski definition) is 2. The number of carbonyl (C=O) groups is 3. The first-order valence-electron chi connectivity index (χ1n) is 5.70. The summed E-state index contributed by atoms with van der Waals surface area (Å²) < 4.78 is 4.49. The summed E-state index contributed by atoms with van der Waals surface area (Å²) in [5.74, 6) is -0.625. The first-order chi connectivity index (χ1) is 8.93. The third-order valence-electron chi connectivity index (χ3n) is 2.43. The lowest BCUT2D eigenvalue weighted by Gasteiger charge is -2.12. The molecule has 19 heavy (non-hydrogen) atoms. The highest BCUT2D eigenvalue weighted by Gasteiger charge is 2.15. The molecule has 2 amide bonds. The summed E-state index contributed by atoms with van der Waals surface area (Å²) in [5.41, 5.74) is 0.973. The molecule has 1 aromatic rings. The van der Waals surface area contributed by atoms with Gasteiger partial charge in [0.25, 0.3) is 0 Å². The Balaban J connectivity index is 2.64. The van der Waals surface area contributed by atoms with Gasteiger partial charge in [0.15, 0.2) is 5.78 Å². The number of nitrogens with one attached hydrogen (secondary N) is 2. The molecule has 0 aromatic heterocycles. The number of amides is 2. The summed E-state index contributed by atoms with van der Waals surface area (Å²) in [6.45, 7) is 2.95. The highest BCUT2D eigenvalue weighted by Crippen LogP contribution is 2.11. The van der Waals surface area contributed by atoms with E-state index >= 15 is 0 Å². The molecule has 0 saturated carbocycles. The zero-order chi connectivity index (χ0) is 14.4. The molecule has 0 spiro atoms. The quantitative estimate of drug-likeness (QED) is 0.638. The molecule has 102 valence electrons. The van der Waals surface area contributed by atoms with Gasteiger partial charge in [-0.1, -0.05) is 12.1 Å². The van der Waals surface area contributed by atoms with E-state index in [1.165, 1.54) is 21.0 Å². The van der Waals surface area contributed by atoms with Crippen LogP contribution in [0.5, 0.6) is 0 Å². The number of hydrogen-bond acceptors (Lipinski definition) is 4. The van der Waals surface area contributed by atoms with Crippen molar-refractivity contribution in [3.8, 4) is 0 Å². The monoisotopic (exact) mass is 264 g/mol.